The predicted octanol–water partition coefficient (Wildman–Crippen LogP) is 3.54. The molecule has 27 heavy (non-hydrogen) atoms. The molecule has 0 aromatic carbocycles. The van der Waals surface area contributed by atoms with E-state index in [2.05, 4.69) is 15.6 Å². The summed E-state index contributed by atoms with van der Waals surface area (Å²) in [5.74, 6) is -1.17. The first-order valence-corrected chi connectivity index (χ1v) is 8.81. The van der Waals surface area contributed by atoms with Gasteiger partial charge in [-0.25, -0.2) is 0 Å². The molecule has 0 saturated heterocycles. The molecular weight excluding hydrogens is 363 g/mol. The van der Waals surface area contributed by atoms with Crippen LogP contribution in [0.2, 0.25) is 0 Å². The molecule has 1 aliphatic rings. The summed E-state index contributed by atoms with van der Waals surface area (Å²) >= 11 is 0. The molecule has 0 aliphatic carbocycles. The molecule has 1 aromatic heterocycles. The first-order valence-electron chi connectivity index (χ1n) is 8.81. The average Bonchev–Trinajstić information content (AvgIpc) is 2.59. The number of nitrogens with one attached hydrogen (secondary N) is 2. The summed E-state index contributed by atoms with van der Waals surface area (Å²) in [6.45, 7) is 4.39. The molecule has 9 heteroatoms. The number of halogens is 3. The van der Waals surface area contributed by atoms with Crippen LogP contribution in [0.4, 0.5) is 24.5 Å². The molecule has 0 saturated carbocycles. The zero-order valence-electron chi connectivity index (χ0n) is 15.6. The van der Waals surface area contributed by atoms with Crippen LogP contribution in [0, 0.1) is 11.3 Å². The van der Waals surface area contributed by atoms with E-state index in [4.69, 9.17) is 4.74 Å². The Morgan fingerprint density at radius 3 is 2.70 bits per heavy atom. The molecular formula is C18H24F3N3O3. The maximum atomic E-state index is 13.0. The SMILES string of the molecule is CCOC(=O)CC[C@H]1CNc2cc(NC(=O)C(C)(C)C(F)(F)F)cnc2C1. The van der Waals surface area contributed by atoms with Crippen LogP contribution >= 0.6 is 0 Å². The summed E-state index contributed by atoms with van der Waals surface area (Å²) < 4.78 is 43.8. The smallest absolute Gasteiger partial charge is 0.402 e. The Kier molecular flexibility index (Phi) is 6.33. The standard InChI is InChI=1S/C18H24F3N3O3/c1-4-27-15(25)6-5-11-7-13-14(22-9-11)8-12(10-23-13)24-16(26)17(2,3)18(19,20)21/h8,10-11,22H,4-7,9H2,1-3H3,(H,24,26)/t11-/m1/s1. The lowest BCUT2D eigenvalue weighted by Gasteiger charge is -2.27. The van der Waals surface area contributed by atoms with Gasteiger partial charge in [0.2, 0.25) is 5.91 Å². The molecule has 2 rings (SSSR count). The fraction of sp³-hybridized carbons (Fsp3) is 0.611. The zero-order chi connectivity index (χ0) is 20.2. The number of amides is 1. The fourth-order valence-electron chi connectivity index (χ4n) is 2.65. The highest BCUT2D eigenvalue weighted by Crippen LogP contribution is 2.38. The highest BCUT2D eigenvalue weighted by atomic mass is 19.4. The van der Waals surface area contributed by atoms with Crippen LogP contribution in [0.3, 0.4) is 0 Å². The lowest BCUT2D eigenvalue weighted by Crippen LogP contribution is -2.43. The van der Waals surface area contributed by atoms with Crippen molar-refractivity contribution < 1.29 is 27.5 Å². The van der Waals surface area contributed by atoms with E-state index in [1.54, 1.807) is 13.0 Å². The average molecular weight is 387 g/mol. The highest BCUT2D eigenvalue weighted by Gasteiger charge is 2.52. The molecule has 2 heterocycles. The van der Waals surface area contributed by atoms with Gasteiger partial charge in [-0.05, 0) is 45.6 Å². The van der Waals surface area contributed by atoms with E-state index in [9.17, 15) is 22.8 Å². The van der Waals surface area contributed by atoms with Gasteiger partial charge in [-0.2, -0.15) is 13.2 Å². The minimum atomic E-state index is -4.65. The van der Waals surface area contributed by atoms with E-state index in [0.717, 1.165) is 19.5 Å². The maximum absolute atomic E-state index is 13.0. The number of rotatable bonds is 6. The van der Waals surface area contributed by atoms with Gasteiger partial charge >= 0.3 is 12.1 Å². The Hall–Kier alpha value is -2.32. The molecule has 1 atom stereocenters. The Morgan fingerprint density at radius 2 is 2.07 bits per heavy atom. The second kappa shape index (κ2) is 8.14. The summed E-state index contributed by atoms with van der Waals surface area (Å²) in [4.78, 5) is 27.7. The number of ether oxygens (including phenoxy) is 1. The van der Waals surface area contributed by atoms with Crippen LogP contribution in [0.15, 0.2) is 12.3 Å². The second-order valence-electron chi connectivity index (χ2n) is 7.09. The first kappa shape index (κ1) is 21.0. The number of aromatic nitrogens is 1. The van der Waals surface area contributed by atoms with Crippen molar-refractivity contribution in [3.8, 4) is 0 Å². The summed E-state index contributed by atoms with van der Waals surface area (Å²) in [5.41, 5.74) is -0.879. The second-order valence-corrected chi connectivity index (χ2v) is 7.09. The van der Waals surface area contributed by atoms with Crippen LogP contribution in [0.25, 0.3) is 0 Å². The van der Waals surface area contributed by atoms with Gasteiger partial charge in [-0.3, -0.25) is 14.6 Å². The minimum Gasteiger partial charge on any atom is -0.466 e. The normalized spacial score (nSPS) is 16.9. The molecule has 0 radical (unpaired) electrons. The topological polar surface area (TPSA) is 80.3 Å². The third-order valence-corrected chi connectivity index (χ3v) is 4.63. The summed E-state index contributed by atoms with van der Waals surface area (Å²) in [7, 11) is 0. The molecule has 150 valence electrons. The van der Waals surface area contributed by atoms with E-state index >= 15 is 0 Å². The van der Waals surface area contributed by atoms with Crippen molar-refractivity contribution in [3.05, 3.63) is 18.0 Å². The van der Waals surface area contributed by atoms with Crippen LogP contribution in [-0.4, -0.2) is 36.2 Å². The van der Waals surface area contributed by atoms with Crippen LogP contribution in [0.1, 0.15) is 39.3 Å². The Labute approximate surface area is 155 Å². The van der Waals surface area contributed by atoms with Crippen molar-refractivity contribution in [1.29, 1.82) is 0 Å². The number of esters is 1. The van der Waals surface area contributed by atoms with Gasteiger partial charge in [0.05, 0.1) is 29.9 Å². The van der Waals surface area contributed by atoms with Crippen molar-refractivity contribution >= 4 is 23.3 Å². The van der Waals surface area contributed by atoms with Crippen molar-refractivity contribution in [2.24, 2.45) is 11.3 Å². The molecule has 6 nitrogen and oxygen atoms in total. The number of hydrogen-bond acceptors (Lipinski definition) is 5. The van der Waals surface area contributed by atoms with Gasteiger partial charge in [0.15, 0.2) is 0 Å². The predicted molar refractivity (Wildman–Crippen MR) is 94.3 cm³/mol. The summed E-state index contributed by atoms with van der Waals surface area (Å²) in [6.07, 6.45) is -1.67. The molecule has 0 spiro atoms. The number of alkyl halides is 3. The number of nitrogens with zero attached hydrogens (tertiary/aromatic N) is 1. The fourth-order valence-corrected chi connectivity index (χ4v) is 2.65. The van der Waals surface area contributed by atoms with Gasteiger partial charge in [0.1, 0.15) is 5.41 Å². The highest BCUT2D eigenvalue weighted by molar-refractivity contribution is 5.95. The van der Waals surface area contributed by atoms with E-state index in [1.807, 2.05) is 0 Å². The quantitative estimate of drug-likeness (QED) is 0.730. The van der Waals surface area contributed by atoms with Crippen LogP contribution in [-0.2, 0) is 20.7 Å². The molecule has 0 fully saturated rings. The minimum absolute atomic E-state index is 0.202. The Bertz CT molecular complexity index is 705. The van der Waals surface area contributed by atoms with Gasteiger partial charge < -0.3 is 15.4 Å². The number of fused-ring (bicyclic) bond motifs is 1. The van der Waals surface area contributed by atoms with Gasteiger partial charge in [0, 0.05) is 13.0 Å². The van der Waals surface area contributed by atoms with Crippen LogP contribution < -0.4 is 10.6 Å². The molecule has 1 aromatic rings. The lowest BCUT2D eigenvalue weighted by molar-refractivity contribution is -0.208. The zero-order valence-corrected chi connectivity index (χ0v) is 15.6. The van der Waals surface area contributed by atoms with E-state index in [-0.39, 0.29) is 17.6 Å². The largest absolute Gasteiger partial charge is 0.466 e. The van der Waals surface area contributed by atoms with Crippen molar-refractivity contribution in [1.82, 2.24) is 4.98 Å². The Morgan fingerprint density at radius 1 is 1.37 bits per heavy atom. The molecule has 1 aliphatic heterocycles. The van der Waals surface area contributed by atoms with Gasteiger partial charge in [0.25, 0.3) is 0 Å². The number of carbonyl (C=O) groups is 2. The number of anilines is 2. The third kappa shape index (κ3) is 5.11. The van der Waals surface area contributed by atoms with Crippen molar-refractivity contribution in [2.45, 2.75) is 46.2 Å². The van der Waals surface area contributed by atoms with E-state index < -0.39 is 17.5 Å². The summed E-state index contributed by atoms with van der Waals surface area (Å²) in [6, 6.07) is 1.58. The van der Waals surface area contributed by atoms with Gasteiger partial charge in [-0.1, -0.05) is 0 Å². The maximum Gasteiger partial charge on any atom is 0.402 e. The molecule has 0 bridgehead atoms. The Balaban J connectivity index is 1.99. The van der Waals surface area contributed by atoms with E-state index in [1.165, 1.54) is 6.20 Å². The number of hydrogen-bond donors (Lipinski definition) is 2. The number of carbonyl (C=O) groups excluding carboxylic acids is 2. The molecule has 2 N–H and O–H groups in total. The first-order chi connectivity index (χ1) is 12.5. The third-order valence-electron chi connectivity index (χ3n) is 4.63. The monoisotopic (exact) mass is 387 g/mol. The van der Waals surface area contributed by atoms with Gasteiger partial charge in [-0.15, -0.1) is 0 Å². The van der Waals surface area contributed by atoms with Crippen molar-refractivity contribution in [3.63, 3.8) is 0 Å². The number of pyridine rings is 1. The molecule has 0 unspecified atom stereocenters. The molecule has 1 amide bonds. The summed E-state index contributed by atoms with van der Waals surface area (Å²) in [5, 5.41) is 5.44. The van der Waals surface area contributed by atoms with E-state index in [0.29, 0.717) is 38.1 Å². The lowest BCUT2D eigenvalue weighted by atomic mass is 9.91. The van der Waals surface area contributed by atoms with Crippen molar-refractivity contribution in [2.75, 3.05) is 23.8 Å². The van der Waals surface area contributed by atoms with Crippen LogP contribution in [0.5, 0.6) is 0 Å².